The number of carbonyl (C=O) groups excluding carboxylic acids is 1. The first-order chi connectivity index (χ1) is 9.63. The monoisotopic (exact) mass is 401 g/mol. The van der Waals surface area contributed by atoms with E-state index < -0.39 is 0 Å². The second kappa shape index (κ2) is 14.0. The Morgan fingerprint density at radius 2 is 1.45 bits per heavy atom. The van der Waals surface area contributed by atoms with Crippen molar-refractivity contribution in [3.8, 4) is 0 Å². The third-order valence-corrected chi connectivity index (χ3v) is 3.43. The van der Waals surface area contributed by atoms with Crippen LogP contribution in [0.25, 0.3) is 0 Å². The van der Waals surface area contributed by atoms with Crippen LogP contribution in [0.4, 0.5) is 0 Å². The van der Waals surface area contributed by atoms with E-state index in [1.807, 2.05) is 0 Å². The van der Waals surface area contributed by atoms with Crippen LogP contribution in [-0.4, -0.2) is 61.7 Å². The summed E-state index contributed by atoms with van der Waals surface area (Å²) in [5, 5.41) is 1.80. The predicted octanol–water partition coefficient (Wildman–Crippen LogP) is -0.165. The number of rotatable bonds is 13. The molecular formula is C12H28IN5O2. The molecule has 0 aromatic rings. The molecule has 0 unspecified atom stereocenters. The highest BCUT2D eigenvalue weighted by molar-refractivity contribution is 14.1. The van der Waals surface area contributed by atoms with Crippen molar-refractivity contribution in [2.24, 2.45) is 17.3 Å². The number of unbranched alkanes of at least 4 members (excludes halogenated alkanes) is 1. The molecule has 0 aliphatic rings. The van der Waals surface area contributed by atoms with Crippen LogP contribution in [0.1, 0.15) is 25.7 Å². The zero-order chi connectivity index (χ0) is 15.2. The maximum atomic E-state index is 11.3. The molecule has 0 saturated heterocycles. The van der Waals surface area contributed by atoms with Crippen LogP contribution >= 0.6 is 23.0 Å². The number of halogens is 1. The molecule has 0 aliphatic heterocycles. The van der Waals surface area contributed by atoms with Crippen LogP contribution in [0.3, 0.4) is 0 Å². The quantitative estimate of drug-likeness (QED) is 0.170. The third kappa shape index (κ3) is 11.8. The summed E-state index contributed by atoms with van der Waals surface area (Å²) >= 11 is 1.62. The zero-order valence-corrected chi connectivity index (χ0v) is 14.3. The second-order valence-corrected chi connectivity index (χ2v) is 5.19. The minimum atomic E-state index is -0.217. The SMILES string of the molecule is NCCCN(N)CCCCN(CCCN)CC(=O)OI. The summed E-state index contributed by atoms with van der Waals surface area (Å²) in [4.78, 5) is 13.4. The molecule has 0 spiro atoms. The molecule has 0 aromatic heterocycles. The van der Waals surface area contributed by atoms with Gasteiger partial charge in [0.1, 0.15) is 0 Å². The van der Waals surface area contributed by atoms with E-state index >= 15 is 0 Å². The van der Waals surface area contributed by atoms with Crippen LogP contribution in [0, 0.1) is 0 Å². The standard InChI is InChI=1S/C12H28IN5O2/c13-20-12(19)11-17(8-3-5-14)7-1-2-9-18(16)10-4-6-15/h1-11,14-16H2. The van der Waals surface area contributed by atoms with Crippen LogP contribution in [0.5, 0.6) is 0 Å². The molecule has 120 valence electrons. The van der Waals surface area contributed by atoms with Crippen molar-refractivity contribution in [2.75, 3.05) is 45.8 Å². The molecule has 0 saturated carbocycles. The van der Waals surface area contributed by atoms with Gasteiger partial charge >= 0.3 is 5.97 Å². The van der Waals surface area contributed by atoms with Crippen LogP contribution < -0.4 is 17.3 Å². The van der Waals surface area contributed by atoms with E-state index in [9.17, 15) is 4.79 Å². The van der Waals surface area contributed by atoms with Gasteiger partial charge in [-0.25, -0.2) is 9.80 Å². The van der Waals surface area contributed by atoms with Gasteiger partial charge in [-0.3, -0.25) is 10.7 Å². The van der Waals surface area contributed by atoms with E-state index in [1.54, 1.807) is 28.0 Å². The summed E-state index contributed by atoms with van der Waals surface area (Å²) in [6, 6.07) is 0. The average Bonchev–Trinajstić information content (AvgIpc) is 2.46. The van der Waals surface area contributed by atoms with E-state index in [2.05, 4.69) is 7.97 Å². The van der Waals surface area contributed by atoms with Crippen molar-refractivity contribution in [3.63, 3.8) is 0 Å². The van der Waals surface area contributed by atoms with Crippen molar-refractivity contribution in [1.29, 1.82) is 0 Å². The molecule has 0 heterocycles. The lowest BCUT2D eigenvalue weighted by atomic mass is 10.2. The molecule has 0 radical (unpaired) electrons. The number of hydrazine groups is 1. The van der Waals surface area contributed by atoms with Crippen LogP contribution in [-0.2, 0) is 7.86 Å². The molecule has 20 heavy (non-hydrogen) atoms. The average molecular weight is 401 g/mol. The number of carbonyl (C=O) groups is 1. The predicted molar refractivity (Wildman–Crippen MR) is 88.9 cm³/mol. The van der Waals surface area contributed by atoms with E-state index in [0.29, 0.717) is 19.6 Å². The first kappa shape index (κ1) is 20.0. The number of nitrogens with zero attached hydrogens (tertiary/aromatic N) is 2. The van der Waals surface area contributed by atoms with E-state index in [4.69, 9.17) is 17.3 Å². The van der Waals surface area contributed by atoms with Gasteiger partial charge in [0.15, 0.2) is 23.0 Å². The summed E-state index contributed by atoms with van der Waals surface area (Å²) in [5.74, 6) is 5.61. The van der Waals surface area contributed by atoms with Gasteiger partial charge < -0.3 is 14.5 Å². The Kier molecular flexibility index (Phi) is 14.0. The van der Waals surface area contributed by atoms with E-state index in [0.717, 1.165) is 51.9 Å². The minimum Gasteiger partial charge on any atom is -0.394 e. The van der Waals surface area contributed by atoms with Crippen LogP contribution in [0.2, 0.25) is 0 Å². The van der Waals surface area contributed by atoms with Gasteiger partial charge in [0.05, 0.1) is 6.54 Å². The zero-order valence-electron chi connectivity index (χ0n) is 12.1. The van der Waals surface area contributed by atoms with E-state index in [-0.39, 0.29) is 5.97 Å². The molecule has 0 bridgehead atoms. The van der Waals surface area contributed by atoms with Gasteiger partial charge in [-0.1, -0.05) is 0 Å². The fourth-order valence-corrected chi connectivity index (χ4v) is 1.99. The fraction of sp³-hybridized carbons (Fsp3) is 0.917. The first-order valence-electron chi connectivity index (χ1n) is 7.07. The normalized spacial score (nSPS) is 11.3. The highest BCUT2D eigenvalue weighted by Crippen LogP contribution is 2.00. The summed E-state index contributed by atoms with van der Waals surface area (Å²) < 4.78 is 4.67. The van der Waals surface area contributed by atoms with Gasteiger partial charge in [0.25, 0.3) is 0 Å². The topological polar surface area (TPSA) is 111 Å². The molecule has 7 nitrogen and oxygen atoms in total. The van der Waals surface area contributed by atoms with E-state index in [1.165, 1.54) is 0 Å². The fourth-order valence-electron chi connectivity index (χ4n) is 1.85. The van der Waals surface area contributed by atoms with Crippen molar-refractivity contribution in [2.45, 2.75) is 25.7 Å². The lowest BCUT2D eigenvalue weighted by Gasteiger charge is -2.21. The molecule has 0 aliphatic carbocycles. The van der Waals surface area contributed by atoms with Crippen molar-refractivity contribution in [1.82, 2.24) is 9.91 Å². The summed E-state index contributed by atoms with van der Waals surface area (Å²) in [5.41, 5.74) is 10.9. The molecule has 0 rings (SSSR count). The van der Waals surface area contributed by atoms with Gasteiger partial charge in [0.2, 0.25) is 0 Å². The van der Waals surface area contributed by atoms with Crippen molar-refractivity contribution in [3.05, 3.63) is 0 Å². The van der Waals surface area contributed by atoms with Crippen LogP contribution in [0.15, 0.2) is 0 Å². The molecule has 6 N–H and O–H groups in total. The number of nitrogens with two attached hydrogens (primary N) is 3. The van der Waals surface area contributed by atoms with Gasteiger partial charge in [-0.05, 0) is 51.9 Å². The number of hydrogen-bond donors (Lipinski definition) is 3. The van der Waals surface area contributed by atoms with Gasteiger partial charge in [-0.15, -0.1) is 0 Å². The van der Waals surface area contributed by atoms with Crippen molar-refractivity contribution >= 4 is 29.0 Å². The lowest BCUT2D eigenvalue weighted by molar-refractivity contribution is -0.132. The minimum absolute atomic E-state index is 0.217. The summed E-state index contributed by atoms with van der Waals surface area (Å²) in [6.07, 6.45) is 3.80. The first-order valence-corrected chi connectivity index (χ1v) is 7.95. The Balaban J connectivity index is 3.79. The smallest absolute Gasteiger partial charge is 0.329 e. The maximum Gasteiger partial charge on any atom is 0.329 e. The Morgan fingerprint density at radius 1 is 0.950 bits per heavy atom. The molecule has 0 aromatic carbocycles. The summed E-state index contributed by atoms with van der Waals surface area (Å²) in [6.45, 7) is 4.97. The maximum absolute atomic E-state index is 11.3. The Bertz CT molecular complexity index is 246. The van der Waals surface area contributed by atoms with Crippen molar-refractivity contribution < 1.29 is 7.86 Å². The van der Waals surface area contributed by atoms with Gasteiger partial charge in [-0.2, -0.15) is 0 Å². The highest BCUT2D eigenvalue weighted by atomic mass is 127. The highest BCUT2D eigenvalue weighted by Gasteiger charge is 2.10. The largest absolute Gasteiger partial charge is 0.394 e. The molecule has 0 atom stereocenters. The lowest BCUT2D eigenvalue weighted by Crippen LogP contribution is -2.35. The Hall–Kier alpha value is 0. The van der Waals surface area contributed by atoms with Gasteiger partial charge in [0, 0.05) is 13.1 Å². The summed E-state index contributed by atoms with van der Waals surface area (Å²) in [7, 11) is 0. The Labute approximate surface area is 135 Å². The molecular weight excluding hydrogens is 373 g/mol. The molecule has 0 amide bonds. The third-order valence-electron chi connectivity index (χ3n) is 2.94. The molecule has 0 fully saturated rings. The Morgan fingerprint density at radius 3 is 2.05 bits per heavy atom. The second-order valence-electron chi connectivity index (χ2n) is 4.75. The molecule has 8 heteroatoms. The number of hydrogen-bond acceptors (Lipinski definition) is 7.